The van der Waals surface area contributed by atoms with Crippen LogP contribution in [0.15, 0.2) is 44.9 Å². The Balaban J connectivity index is 2.04. The number of aliphatic carboxylic acids is 1. The Morgan fingerprint density at radius 1 is 1.19 bits per heavy atom. The number of carbonyl (C=O) groups is 1. The molecule has 1 atom stereocenters. The van der Waals surface area contributed by atoms with Gasteiger partial charge >= 0.3 is 12.1 Å². The van der Waals surface area contributed by atoms with E-state index in [4.69, 9.17) is 26.2 Å². The molecule has 0 saturated heterocycles. The molecule has 142 valence electrons. The second-order valence-corrected chi connectivity index (χ2v) is 7.62. The van der Waals surface area contributed by atoms with Gasteiger partial charge in [-0.2, -0.15) is 13.2 Å². The third-order valence-corrected chi connectivity index (χ3v) is 5.00. The van der Waals surface area contributed by atoms with Crippen LogP contribution < -0.4 is 9.47 Å². The molecule has 27 heavy (non-hydrogen) atoms. The van der Waals surface area contributed by atoms with Crippen molar-refractivity contribution in [1.82, 2.24) is 0 Å². The highest BCUT2D eigenvalue weighted by Gasteiger charge is 2.48. The second-order valence-electron chi connectivity index (χ2n) is 5.44. The van der Waals surface area contributed by atoms with Crippen LogP contribution in [0.25, 0.3) is 6.08 Å². The third-order valence-electron chi connectivity index (χ3n) is 3.56. The van der Waals surface area contributed by atoms with Crippen molar-refractivity contribution in [3.05, 3.63) is 55.4 Å². The topological polar surface area (TPSA) is 55.8 Å². The van der Waals surface area contributed by atoms with E-state index in [1.165, 1.54) is 12.1 Å². The highest BCUT2D eigenvalue weighted by atomic mass is 79.9. The zero-order valence-electron chi connectivity index (χ0n) is 13.0. The number of carboxylic acid groups (broad SMARTS) is 1. The maximum absolute atomic E-state index is 13.2. The largest absolute Gasteiger partial charge is 0.478 e. The fourth-order valence-corrected chi connectivity index (χ4v) is 3.25. The normalized spacial score (nSPS) is 16.2. The summed E-state index contributed by atoms with van der Waals surface area (Å²) < 4.78 is 51.4. The van der Waals surface area contributed by atoms with E-state index < -0.39 is 23.8 Å². The maximum Gasteiger partial charge on any atom is 0.430 e. The summed E-state index contributed by atoms with van der Waals surface area (Å²) in [4.78, 5) is 11.2. The van der Waals surface area contributed by atoms with Crippen LogP contribution in [0, 0.1) is 0 Å². The van der Waals surface area contributed by atoms with E-state index in [0.29, 0.717) is 10.2 Å². The molecule has 1 aliphatic heterocycles. The molecule has 0 saturated carbocycles. The molecule has 0 bridgehead atoms. The number of benzene rings is 2. The summed E-state index contributed by atoms with van der Waals surface area (Å²) in [6, 6.07) is 7.60. The lowest BCUT2D eigenvalue weighted by Crippen LogP contribution is -2.40. The summed E-state index contributed by atoms with van der Waals surface area (Å²) in [7, 11) is 0. The van der Waals surface area contributed by atoms with Crippen LogP contribution in [0.4, 0.5) is 13.2 Å². The van der Waals surface area contributed by atoms with E-state index in [2.05, 4.69) is 31.9 Å². The minimum atomic E-state index is -4.89. The van der Waals surface area contributed by atoms with Crippen molar-refractivity contribution in [2.75, 3.05) is 0 Å². The fraction of sp³-hybridized carbons (Fsp3) is 0.118. The Bertz CT molecular complexity index is 960. The Kier molecular flexibility index (Phi) is 5.47. The van der Waals surface area contributed by atoms with Crippen LogP contribution >= 0.6 is 43.5 Å². The summed E-state index contributed by atoms with van der Waals surface area (Å²) in [5.41, 5.74) is -0.812. The predicted molar refractivity (Wildman–Crippen MR) is 99.5 cm³/mol. The van der Waals surface area contributed by atoms with Crippen molar-refractivity contribution in [1.29, 1.82) is 0 Å². The van der Waals surface area contributed by atoms with Gasteiger partial charge in [0.25, 0.3) is 0 Å². The predicted octanol–water partition coefficient (Wildman–Crippen LogP) is 6.45. The highest BCUT2D eigenvalue weighted by Crippen LogP contribution is 2.43. The van der Waals surface area contributed by atoms with Gasteiger partial charge in [0.15, 0.2) is 0 Å². The molecule has 1 N–H and O–H groups in total. The first-order valence-electron chi connectivity index (χ1n) is 7.21. The summed E-state index contributed by atoms with van der Waals surface area (Å²) in [5.74, 6) is -1.48. The van der Waals surface area contributed by atoms with Gasteiger partial charge in [0.05, 0.1) is 15.1 Å². The molecule has 2 aromatic carbocycles. The van der Waals surface area contributed by atoms with E-state index >= 15 is 0 Å². The van der Waals surface area contributed by atoms with Crippen molar-refractivity contribution < 1.29 is 32.5 Å². The summed E-state index contributed by atoms with van der Waals surface area (Å²) in [5, 5.41) is 9.14. The smallest absolute Gasteiger partial charge is 0.430 e. The van der Waals surface area contributed by atoms with Crippen molar-refractivity contribution in [2.45, 2.75) is 12.3 Å². The number of hydrogen-bond donors (Lipinski definition) is 1. The van der Waals surface area contributed by atoms with Gasteiger partial charge in [0.1, 0.15) is 17.2 Å². The maximum atomic E-state index is 13.2. The molecule has 0 amide bonds. The average molecular weight is 529 g/mol. The molecular weight excluding hydrogens is 520 g/mol. The van der Waals surface area contributed by atoms with Gasteiger partial charge in [-0.3, -0.25) is 0 Å². The summed E-state index contributed by atoms with van der Waals surface area (Å²) >= 11 is 12.7. The Morgan fingerprint density at radius 2 is 1.89 bits per heavy atom. The van der Waals surface area contributed by atoms with E-state index in [9.17, 15) is 18.0 Å². The Hall–Kier alpha value is -1.71. The molecule has 1 aliphatic rings. The van der Waals surface area contributed by atoms with Gasteiger partial charge in [-0.05, 0) is 46.3 Å². The quantitative estimate of drug-likeness (QED) is 0.498. The van der Waals surface area contributed by atoms with Gasteiger partial charge in [-0.25, -0.2) is 4.79 Å². The summed E-state index contributed by atoms with van der Waals surface area (Å²) in [6.45, 7) is 0. The first-order chi connectivity index (χ1) is 12.6. The number of fused-ring (bicyclic) bond motifs is 1. The molecule has 3 rings (SSSR count). The summed E-state index contributed by atoms with van der Waals surface area (Å²) in [6.07, 6.45) is -6.59. The monoisotopic (exact) mass is 526 g/mol. The molecule has 0 fully saturated rings. The molecule has 4 nitrogen and oxygen atoms in total. The van der Waals surface area contributed by atoms with Crippen molar-refractivity contribution in [2.24, 2.45) is 0 Å². The highest BCUT2D eigenvalue weighted by molar-refractivity contribution is 9.11. The zero-order chi connectivity index (χ0) is 19.9. The standard InChI is InChI=1S/C17H8Br2ClF3O4/c18-8-1-2-10(19)13(5-8)26-14-6-12-7(4-11(14)20)3-9(16(24)25)15(27-12)17(21,22)23/h1-6,15H,(H,24,25). The molecule has 0 spiro atoms. The number of hydrogen-bond acceptors (Lipinski definition) is 3. The van der Waals surface area contributed by atoms with Crippen LogP contribution in [0.2, 0.25) is 5.02 Å². The van der Waals surface area contributed by atoms with E-state index in [1.807, 2.05) is 0 Å². The Labute approximate surface area is 172 Å². The Morgan fingerprint density at radius 3 is 2.52 bits per heavy atom. The molecule has 0 aliphatic carbocycles. The third kappa shape index (κ3) is 4.25. The first-order valence-corrected chi connectivity index (χ1v) is 9.17. The van der Waals surface area contributed by atoms with Gasteiger partial charge in [-0.15, -0.1) is 0 Å². The molecule has 1 unspecified atom stereocenters. The lowest BCUT2D eigenvalue weighted by Gasteiger charge is -2.27. The second kappa shape index (κ2) is 7.37. The minimum Gasteiger partial charge on any atom is -0.478 e. The van der Waals surface area contributed by atoms with Crippen molar-refractivity contribution in [3.8, 4) is 17.2 Å². The van der Waals surface area contributed by atoms with Gasteiger partial charge in [-0.1, -0.05) is 27.5 Å². The molecule has 10 heteroatoms. The number of halogens is 6. The first kappa shape index (κ1) is 20.0. The molecule has 0 radical (unpaired) electrons. The average Bonchev–Trinajstić information content (AvgIpc) is 2.56. The van der Waals surface area contributed by atoms with Crippen LogP contribution in [0.5, 0.6) is 17.2 Å². The van der Waals surface area contributed by atoms with Crippen LogP contribution in [-0.4, -0.2) is 23.4 Å². The minimum absolute atomic E-state index is 0.0577. The van der Waals surface area contributed by atoms with Gasteiger partial charge < -0.3 is 14.6 Å². The number of ether oxygens (including phenoxy) is 2. The number of rotatable bonds is 3. The van der Waals surface area contributed by atoms with Crippen LogP contribution in [-0.2, 0) is 4.79 Å². The number of alkyl halides is 3. The van der Waals surface area contributed by atoms with Gasteiger partial charge in [0, 0.05) is 16.1 Å². The lowest BCUT2D eigenvalue weighted by atomic mass is 10.0. The van der Waals surface area contributed by atoms with Crippen LogP contribution in [0.3, 0.4) is 0 Å². The van der Waals surface area contributed by atoms with Crippen molar-refractivity contribution >= 4 is 55.5 Å². The van der Waals surface area contributed by atoms with Crippen LogP contribution in [0.1, 0.15) is 5.56 Å². The van der Waals surface area contributed by atoms with Gasteiger partial charge in [0.2, 0.25) is 6.10 Å². The SMILES string of the molecule is O=C(O)C1=Cc2cc(Cl)c(Oc3cc(Br)ccc3Br)cc2OC1C(F)(F)F. The van der Waals surface area contributed by atoms with E-state index in [-0.39, 0.29) is 22.1 Å². The zero-order valence-corrected chi connectivity index (χ0v) is 16.9. The van der Waals surface area contributed by atoms with E-state index in [1.54, 1.807) is 18.2 Å². The molecule has 2 aromatic rings. The number of carboxylic acids is 1. The van der Waals surface area contributed by atoms with E-state index in [0.717, 1.165) is 10.5 Å². The lowest BCUT2D eigenvalue weighted by molar-refractivity contribution is -0.187. The van der Waals surface area contributed by atoms with Crippen molar-refractivity contribution in [3.63, 3.8) is 0 Å². The molecule has 1 heterocycles. The molecule has 0 aromatic heterocycles. The fourth-order valence-electron chi connectivity index (χ4n) is 2.37. The molecular formula is C17H8Br2ClF3O4.